The fourth-order valence-electron chi connectivity index (χ4n) is 2.97. The van der Waals surface area contributed by atoms with Crippen LogP contribution in [0.2, 0.25) is 0 Å². The van der Waals surface area contributed by atoms with Crippen molar-refractivity contribution in [2.24, 2.45) is 0 Å². The number of esters is 1. The molecular formula is C22H19NO7. The molecule has 0 saturated carbocycles. The van der Waals surface area contributed by atoms with E-state index < -0.39 is 18.4 Å². The molecule has 2 heterocycles. The number of amides is 1. The van der Waals surface area contributed by atoms with Gasteiger partial charge in [0.15, 0.2) is 30.5 Å². The van der Waals surface area contributed by atoms with Crippen molar-refractivity contribution in [2.75, 3.05) is 31.7 Å². The van der Waals surface area contributed by atoms with E-state index in [1.807, 2.05) is 0 Å². The summed E-state index contributed by atoms with van der Waals surface area (Å²) in [4.78, 5) is 35.7. The molecule has 0 saturated heterocycles. The van der Waals surface area contributed by atoms with Crippen LogP contribution >= 0.6 is 0 Å². The molecule has 2 aliphatic rings. The minimum absolute atomic E-state index is 0.0619. The van der Waals surface area contributed by atoms with E-state index in [4.69, 9.17) is 18.9 Å². The van der Waals surface area contributed by atoms with Crippen LogP contribution in [0.3, 0.4) is 0 Å². The molecule has 8 nitrogen and oxygen atoms in total. The van der Waals surface area contributed by atoms with E-state index in [-0.39, 0.29) is 12.5 Å². The molecule has 2 aromatic rings. The number of ether oxygens (including phenoxy) is 4. The van der Waals surface area contributed by atoms with Gasteiger partial charge < -0.3 is 24.3 Å². The lowest BCUT2D eigenvalue weighted by Gasteiger charge is -2.18. The van der Waals surface area contributed by atoms with Crippen molar-refractivity contribution < 1.29 is 33.3 Å². The predicted octanol–water partition coefficient (Wildman–Crippen LogP) is 2.62. The van der Waals surface area contributed by atoms with Crippen LogP contribution in [0.5, 0.6) is 17.2 Å². The standard InChI is InChI=1S/C22H19NO7/c24-17(15-4-6-18-16(11-15)23-21(25)13-29-18)12-30-22(26)7-3-14-2-5-19-20(10-14)28-9-1-8-27-19/h2-7,10-11H,1,8-9,12-13H2,(H,23,25)/b7-3+. The van der Waals surface area contributed by atoms with Gasteiger partial charge >= 0.3 is 5.97 Å². The van der Waals surface area contributed by atoms with Gasteiger partial charge in [-0.2, -0.15) is 0 Å². The second-order valence-electron chi connectivity index (χ2n) is 6.67. The third-order valence-electron chi connectivity index (χ3n) is 4.46. The average molecular weight is 409 g/mol. The first-order valence-electron chi connectivity index (χ1n) is 9.43. The molecular weight excluding hydrogens is 390 g/mol. The van der Waals surface area contributed by atoms with E-state index in [1.54, 1.807) is 36.4 Å². The number of carbonyl (C=O) groups excluding carboxylic acids is 3. The summed E-state index contributed by atoms with van der Waals surface area (Å²) in [5.41, 5.74) is 1.46. The summed E-state index contributed by atoms with van der Waals surface area (Å²) in [5, 5.41) is 2.63. The Balaban J connectivity index is 1.33. The zero-order valence-electron chi connectivity index (χ0n) is 16.0. The van der Waals surface area contributed by atoms with Crippen LogP contribution in [0.15, 0.2) is 42.5 Å². The van der Waals surface area contributed by atoms with E-state index in [9.17, 15) is 14.4 Å². The molecule has 0 radical (unpaired) electrons. The highest BCUT2D eigenvalue weighted by molar-refractivity contribution is 6.02. The number of rotatable bonds is 5. The third kappa shape index (κ3) is 4.60. The summed E-state index contributed by atoms with van der Waals surface area (Å²) in [6.07, 6.45) is 3.63. The van der Waals surface area contributed by atoms with Crippen molar-refractivity contribution in [2.45, 2.75) is 6.42 Å². The van der Waals surface area contributed by atoms with E-state index >= 15 is 0 Å². The molecule has 1 N–H and O–H groups in total. The Morgan fingerprint density at radius 3 is 2.67 bits per heavy atom. The fraction of sp³-hybridized carbons (Fsp3) is 0.227. The Morgan fingerprint density at radius 2 is 1.80 bits per heavy atom. The van der Waals surface area contributed by atoms with Gasteiger partial charge in [-0.05, 0) is 42.0 Å². The molecule has 0 atom stereocenters. The first kappa shape index (κ1) is 19.5. The Bertz CT molecular complexity index is 1030. The van der Waals surface area contributed by atoms with Crippen molar-refractivity contribution in [3.63, 3.8) is 0 Å². The van der Waals surface area contributed by atoms with E-state index in [0.717, 1.165) is 12.0 Å². The highest BCUT2D eigenvalue weighted by atomic mass is 16.5. The highest BCUT2D eigenvalue weighted by Gasteiger charge is 2.18. The van der Waals surface area contributed by atoms with Crippen LogP contribution in [0.4, 0.5) is 5.69 Å². The molecule has 0 unspecified atom stereocenters. The van der Waals surface area contributed by atoms with Crippen LogP contribution < -0.4 is 19.5 Å². The molecule has 0 aliphatic carbocycles. The quantitative estimate of drug-likeness (QED) is 0.460. The molecule has 4 rings (SSSR count). The van der Waals surface area contributed by atoms with Gasteiger partial charge in [-0.3, -0.25) is 9.59 Å². The summed E-state index contributed by atoms with van der Waals surface area (Å²) in [6, 6.07) is 10.0. The van der Waals surface area contributed by atoms with Crippen LogP contribution in [0.25, 0.3) is 6.08 Å². The molecule has 0 aromatic heterocycles. The molecule has 154 valence electrons. The summed E-state index contributed by atoms with van der Waals surface area (Å²) >= 11 is 0. The molecule has 30 heavy (non-hydrogen) atoms. The van der Waals surface area contributed by atoms with Gasteiger partial charge in [-0.1, -0.05) is 6.07 Å². The molecule has 0 fully saturated rings. The molecule has 2 aliphatic heterocycles. The first-order valence-corrected chi connectivity index (χ1v) is 9.43. The summed E-state index contributed by atoms with van der Waals surface area (Å²) in [7, 11) is 0. The van der Waals surface area contributed by atoms with E-state index in [0.29, 0.717) is 41.7 Å². The number of hydrogen-bond donors (Lipinski definition) is 1. The number of benzene rings is 2. The summed E-state index contributed by atoms with van der Waals surface area (Å²) in [6.45, 7) is 0.695. The Kier molecular flexibility index (Phi) is 5.65. The largest absolute Gasteiger partial charge is 0.490 e. The second kappa shape index (κ2) is 8.69. The number of ketones is 1. The third-order valence-corrected chi connectivity index (χ3v) is 4.46. The van der Waals surface area contributed by atoms with Gasteiger partial charge in [0.25, 0.3) is 5.91 Å². The SMILES string of the molecule is O=C1COc2ccc(C(=O)COC(=O)/C=C/c3ccc4c(c3)OCCCO4)cc2N1. The number of hydrogen-bond acceptors (Lipinski definition) is 7. The minimum atomic E-state index is -0.648. The van der Waals surface area contributed by atoms with E-state index in [2.05, 4.69) is 5.32 Å². The maximum Gasteiger partial charge on any atom is 0.331 e. The van der Waals surface area contributed by atoms with Crippen LogP contribution in [0.1, 0.15) is 22.3 Å². The highest BCUT2D eigenvalue weighted by Crippen LogP contribution is 2.31. The van der Waals surface area contributed by atoms with Crippen LogP contribution in [0, 0.1) is 0 Å². The number of fused-ring (bicyclic) bond motifs is 2. The van der Waals surface area contributed by atoms with E-state index in [1.165, 1.54) is 12.1 Å². The lowest BCUT2D eigenvalue weighted by atomic mass is 10.1. The minimum Gasteiger partial charge on any atom is -0.490 e. The van der Waals surface area contributed by atoms with Gasteiger partial charge in [-0.15, -0.1) is 0 Å². The maximum atomic E-state index is 12.3. The molecule has 8 heteroatoms. The zero-order chi connectivity index (χ0) is 20.9. The Labute approximate surface area is 172 Å². The van der Waals surface area contributed by atoms with Crippen molar-refractivity contribution >= 4 is 29.4 Å². The summed E-state index contributed by atoms with van der Waals surface area (Å²) in [5.74, 6) is 0.450. The average Bonchev–Trinajstić information content (AvgIpc) is 3.00. The van der Waals surface area contributed by atoms with Crippen molar-refractivity contribution in [1.29, 1.82) is 0 Å². The number of anilines is 1. The van der Waals surface area contributed by atoms with Crippen LogP contribution in [-0.4, -0.2) is 44.1 Å². The summed E-state index contributed by atoms with van der Waals surface area (Å²) < 4.78 is 21.5. The van der Waals surface area contributed by atoms with Gasteiger partial charge in [0, 0.05) is 18.1 Å². The van der Waals surface area contributed by atoms with Gasteiger partial charge in [0.1, 0.15) is 5.75 Å². The van der Waals surface area contributed by atoms with Gasteiger partial charge in [0.05, 0.1) is 18.9 Å². The number of carbonyl (C=O) groups is 3. The molecule has 0 spiro atoms. The lowest BCUT2D eigenvalue weighted by Crippen LogP contribution is -2.25. The number of Topliss-reactive ketones (excluding diaryl/α,β-unsaturated/α-hetero) is 1. The number of nitrogens with one attached hydrogen (secondary N) is 1. The lowest BCUT2D eigenvalue weighted by molar-refractivity contribution is -0.136. The predicted molar refractivity (Wildman–Crippen MR) is 107 cm³/mol. The Hall–Kier alpha value is -3.81. The van der Waals surface area contributed by atoms with Crippen LogP contribution in [-0.2, 0) is 14.3 Å². The normalized spacial score (nSPS) is 14.9. The Morgan fingerprint density at radius 1 is 1.00 bits per heavy atom. The fourth-order valence-corrected chi connectivity index (χ4v) is 2.97. The van der Waals surface area contributed by atoms with Crippen molar-refractivity contribution in [3.05, 3.63) is 53.6 Å². The molecule has 0 bridgehead atoms. The van der Waals surface area contributed by atoms with Gasteiger partial charge in [-0.25, -0.2) is 4.79 Å². The zero-order valence-corrected chi connectivity index (χ0v) is 16.0. The molecule has 1 amide bonds. The van der Waals surface area contributed by atoms with Crippen molar-refractivity contribution in [1.82, 2.24) is 0 Å². The topological polar surface area (TPSA) is 100 Å². The second-order valence-corrected chi connectivity index (χ2v) is 6.67. The maximum absolute atomic E-state index is 12.3. The van der Waals surface area contributed by atoms with Crippen molar-refractivity contribution in [3.8, 4) is 17.2 Å². The van der Waals surface area contributed by atoms with Gasteiger partial charge in [0.2, 0.25) is 0 Å². The smallest absolute Gasteiger partial charge is 0.331 e. The monoisotopic (exact) mass is 409 g/mol. The molecule has 2 aromatic carbocycles. The first-order chi connectivity index (χ1) is 14.6.